The molecule has 1 aromatic rings. The van der Waals surface area contributed by atoms with Gasteiger partial charge in [0.25, 0.3) is 0 Å². The first-order chi connectivity index (χ1) is 8.39. The lowest BCUT2D eigenvalue weighted by molar-refractivity contribution is 0.253. The van der Waals surface area contributed by atoms with Gasteiger partial charge in [-0.15, -0.1) is 0 Å². The number of hydrogen-bond acceptors (Lipinski definition) is 3. The quantitative estimate of drug-likeness (QED) is 0.849. The molecule has 0 N–H and O–H groups in total. The van der Waals surface area contributed by atoms with Crippen LogP contribution < -0.4 is 0 Å². The summed E-state index contributed by atoms with van der Waals surface area (Å²) >= 11 is 3.22. The monoisotopic (exact) mass is 335 g/mol. The van der Waals surface area contributed by atoms with Gasteiger partial charge in [-0.2, -0.15) is 0 Å². The van der Waals surface area contributed by atoms with Gasteiger partial charge in [0, 0.05) is 12.6 Å². The molecule has 0 spiro atoms. The lowest BCUT2D eigenvalue weighted by Gasteiger charge is -2.23. The molecule has 1 aliphatic heterocycles. The molecular weight excluding hydrogens is 321 g/mol. The highest BCUT2D eigenvalue weighted by atomic mass is 79.9. The molecule has 0 amide bonds. The highest BCUT2D eigenvalue weighted by molar-refractivity contribution is 9.10. The van der Waals surface area contributed by atoms with E-state index in [2.05, 4.69) is 15.9 Å². The minimum absolute atomic E-state index is 0.0326. The lowest BCUT2D eigenvalue weighted by Crippen LogP contribution is -2.32. The number of rotatable bonds is 3. The Hall–Kier alpha value is -0.460. The Morgan fingerprint density at radius 2 is 2.22 bits per heavy atom. The van der Waals surface area contributed by atoms with Crippen molar-refractivity contribution in [2.24, 2.45) is 0 Å². The Balaban J connectivity index is 2.08. The van der Waals surface area contributed by atoms with Crippen LogP contribution >= 0.6 is 15.9 Å². The van der Waals surface area contributed by atoms with E-state index in [1.807, 2.05) is 18.0 Å². The maximum Gasteiger partial charge on any atom is 0.151 e. The van der Waals surface area contributed by atoms with E-state index in [1.165, 1.54) is 6.07 Å². The summed E-state index contributed by atoms with van der Waals surface area (Å²) in [5.74, 6) is 0.169. The predicted octanol–water partition coefficient (Wildman–Crippen LogP) is 2.21. The molecule has 0 radical (unpaired) electrons. The Morgan fingerprint density at radius 1 is 1.50 bits per heavy atom. The average molecular weight is 336 g/mol. The number of hydrogen-bond donors (Lipinski definition) is 0. The molecule has 0 bridgehead atoms. The summed E-state index contributed by atoms with van der Waals surface area (Å²) in [6.45, 7) is 0.540. The van der Waals surface area contributed by atoms with Gasteiger partial charge in [-0.1, -0.05) is 12.1 Å². The molecule has 0 saturated carbocycles. The van der Waals surface area contributed by atoms with E-state index in [-0.39, 0.29) is 23.4 Å². The van der Waals surface area contributed by atoms with Crippen molar-refractivity contribution in [3.8, 4) is 0 Å². The minimum atomic E-state index is -2.88. The van der Waals surface area contributed by atoms with Crippen LogP contribution in [0.2, 0.25) is 0 Å². The van der Waals surface area contributed by atoms with Gasteiger partial charge in [0.05, 0.1) is 16.0 Å². The van der Waals surface area contributed by atoms with E-state index in [0.29, 0.717) is 17.4 Å². The van der Waals surface area contributed by atoms with Crippen LogP contribution in [-0.2, 0) is 16.4 Å². The van der Waals surface area contributed by atoms with E-state index in [4.69, 9.17) is 0 Å². The maximum atomic E-state index is 13.4. The van der Waals surface area contributed by atoms with Gasteiger partial charge in [-0.3, -0.25) is 4.90 Å². The second-order valence-corrected chi connectivity index (χ2v) is 7.71. The molecule has 2 rings (SSSR count). The SMILES string of the molecule is CN(Cc1cccc(F)c1Br)C1CCS(=O)(=O)C1. The van der Waals surface area contributed by atoms with Crippen LogP contribution in [0.3, 0.4) is 0 Å². The zero-order valence-electron chi connectivity index (χ0n) is 10.1. The fourth-order valence-electron chi connectivity index (χ4n) is 2.19. The average Bonchev–Trinajstić information content (AvgIpc) is 2.65. The molecule has 1 fully saturated rings. The summed E-state index contributed by atoms with van der Waals surface area (Å²) in [4.78, 5) is 1.98. The summed E-state index contributed by atoms with van der Waals surface area (Å²) in [6.07, 6.45) is 0.659. The highest BCUT2D eigenvalue weighted by Crippen LogP contribution is 2.24. The molecule has 1 aliphatic rings. The first-order valence-corrected chi connectivity index (χ1v) is 8.34. The van der Waals surface area contributed by atoms with Gasteiger partial charge in [-0.25, -0.2) is 12.8 Å². The van der Waals surface area contributed by atoms with E-state index < -0.39 is 9.84 Å². The Bertz CT molecular complexity index is 547. The van der Waals surface area contributed by atoms with Gasteiger partial charge >= 0.3 is 0 Å². The van der Waals surface area contributed by atoms with Crippen LogP contribution in [0.15, 0.2) is 22.7 Å². The third-order valence-electron chi connectivity index (χ3n) is 3.28. The molecule has 1 aromatic carbocycles. The van der Waals surface area contributed by atoms with Gasteiger partial charge in [0.2, 0.25) is 0 Å². The molecule has 1 atom stereocenters. The maximum absolute atomic E-state index is 13.4. The zero-order chi connectivity index (χ0) is 13.3. The van der Waals surface area contributed by atoms with Gasteiger partial charge in [0.1, 0.15) is 5.82 Å². The standard InChI is InChI=1S/C12H15BrFNO2S/c1-15(10-5-6-18(16,17)8-10)7-9-3-2-4-11(14)12(9)13/h2-4,10H,5-8H2,1H3. The second-order valence-electron chi connectivity index (χ2n) is 4.68. The molecule has 0 aromatic heterocycles. The molecule has 3 nitrogen and oxygen atoms in total. The van der Waals surface area contributed by atoms with E-state index >= 15 is 0 Å². The zero-order valence-corrected chi connectivity index (χ0v) is 12.5. The van der Waals surface area contributed by atoms with Crippen molar-refractivity contribution in [1.29, 1.82) is 0 Å². The van der Waals surface area contributed by atoms with Crippen LogP contribution in [0.4, 0.5) is 4.39 Å². The fraction of sp³-hybridized carbons (Fsp3) is 0.500. The first-order valence-electron chi connectivity index (χ1n) is 5.72. The van der Waals surface area contributed by atoms with Crippen molar-refractivity contribution in [3.63, 3.8) is 0 Å². The number of halogens is 2. The summed E-state index contributed by atoms with van der Waals surface area (Å²) in [6, 6.07) is 4.93. The molecule has 18 heavy (non-hydrogen) atoms. The van der Waals surface area contributed by atoms with Crippen LogP contribution in [0, 0.1) is 5.82 Å². The van der Waals surface area contributed by atoms with Crippen LogP contribution in [-0.4, -0.2) is 37.9 Å². The Kier molecular flexibility index (Phi) is 4.08. The topological polar surface area (TPSA) is 37.4 Å². The van der Waals surface area contributed by atoms with Gasteiger partial charge < -0.3 is 0 Å². The van der Waals surface area contributed by atoms with Crippen molar-refractivity contribution in [2.45, 2.75) is 19.0 Å². The summed E-state index contributed by atoms with van der Waals surface area (Å²) < 4.78 is 36.7. The number of sulfone groups is 1. The predicted molar refractivity (Wildman–Crippen MR) is 72.6 cm³/mol. The molecule has 1 saturated heterocycles. The summed E-state index contributed by atoms with van der Waals surface area (Å²) in [5.41, 5.74) is 0.835. The Morgan fingerprint density at radius 3 is 2.83 bits per heavy atom. The van der Waals surface area contributed by atoms with Gasteiger partial charge in [-0.05, 0) is 41.0 Å². The lowest BCUT2D eigenvalue weighted by atomic mass is 10.1. The van der Waals surface area contributed by atoms with Crippen molar-refractivity contribution in [2.75, 3.05) is 18.6 Å². The first kappa shape index (κ1) is 14.0. The van der Waals surface area contributed by atoms with Crippen LogP contribution in [0.1, 0.15) is 12.0 Å². The summed E-state index contributed by atoms with van der Waals surface area (Å²) in [7, 11) is -1.00. The molecule has 100 valence electrons. The molecule has 1 unspecified atom stereocenters. The molecule has 1 heterocycles. The third-order valence-corrected chi connectivity index (χ3v) is 5.92. The van der Waals surface area contributed by atoms with Crippen LogP contribution in [0.5, 0.6) is 0 Å². The fourth-order valence-corrected chi connectivity index (χ4v) is 4.39. The summed E-state index contributed by atoms with van der Waals surface area (Å²) in [5, 5.41) is 0. The minimum Gasteiger partial charge on any atom is -0.298 e. The largest absolute Gasteiger partial charge is 0.298 e. The van der Waals surface area contributed by atoms with Crippen molar-refractivity contribution in [1.82, 2.24) is 4.90 Å². The number of nitrogens with zero attached hydrogens (tertiary/aromatic N) is 1. The molecular formula is C12H15BrFNO2S. The normalized spacial score (nSPS) is 22.6. The molecule has 0 aliphatic carbocycles. The van der Waals surface area contributed by atoms with Gasteiger partial charge in [0.15, 0.2) is 9.84 Å². The van der Waals surface area contributed by atoms with Crippen LogP contribution in [0.25, 0.3) is 0 Å². The van der Waals surface area contributed by atoms with E-state index in [1.54, 1.807) is 6.07 Å². The third kappa shape index (κ3) is 3.10. The number of benzene rings is 1. The Labute approximate surface area is 115 Å². The highest BCUT2D eigenvalue weighted by Gasteiger charge is 2.30. The van der Waals surface area contributed by atoms with Crippen molar-refractivity contribution >= 4 is 25.8 Å². The van der Waals surface area contributed by atoms with Crippen molar-refractivity contribution in [3.05, 3.63) is 34.1 Å². The van der Waals surface area contributed by atoms with E-state index in [9.17, 15) is 12.8 Å². The molecule has 6 heteroatoms. The second kappa shape index (κ2) is 5.27. The smallest absolute Gasteiger partial charge is 0.151 e. The van der Waals surface area contributed by atoms with Crippen molar-refractivity contribution < 1.29 is 12.8 Å². The van der Waals surface area contributed by atoms with E-state index in [0.717, 1.165) is 5.56 Å².